The van der Waals surface area contributed by atoms with Crippen LogP contribution in [-0.4, -0.2) is 55.3 Å². The minimum absolute atomic E-state index is 0.154. The SMILES string of the molecule is Cc1cc(N2CCOCC2)nc(NCCNC(=O)CCC2CCCCC2)n1. The Bertz CT molecular complexity index is 598. The summed E-state index contributed by atoms with van der Waals surface area (Å²) in [5.41, 5.74) is 0.936. The summed E-state index contributed by atoms with van der Waals surface area (Å²) in [6.45, 7) is 6.37. The average Bonchev–Trinajstić information content (AvgIpc) is 2.71. The fourth-order valence-electron chi connectivity index (χ4n) is 3.86. The van der Waals surface area contributed by atoms with Gasteiger partial charge in [0.2, 0.25) is 11.9 Å². The Kier molecular flexibility index (Phi) is 7.68. The highest BCUT2D eigenvalue weighted by molar-refractivity contribution is 5.75. The number of nitrogens with zero attached hydrogens (tertiary/aromatic N) is 3. The van der Waals surface area contributed by atoms with Gasteiger partial charge in [0.1, 0.15) is 5.82 Å². The Labute approximate surface area is 162 Å². The van der Waals surface area contributed by atoms with Gasteiger partial charge in [0.15, 0.2) is 0 Å². The van der Waals surface area contributed by atoms with Gasteiger partial charge in [-0.1, -0.05) is 32.1 Å². The van der Waals surface area contributed by atoms with Crippen molar-refractivity contribution in [1.29, 1.82) is 0 Å². The molecule has 1 aliphatic carbocycles. The molecule has 2 fully saturated rings. The van der Waals surface area contributed by atoms with Crippen LogP contribution in [-0.2, 0) is 9.53 Å². The van der Waals surface area contributed by atoms with Crippen LogP contribution in [0.15, 0.2) is 6.07 Å². The van der Waals surface area contributed by atoms with Crippen molar-refractivity contribution < 1.29 is 9.53 Å². The summed E-state index contributed by atoms with van der Waals surface area (Å²) in [5.74, 6) is 2.46. The molecule has 1 aliphatic heterocycles. The Hall–Kier alpha value is -1.89. The minimum atomic E-state index is 0.154. The van der Waals surface area contributed by atoms with Crippen LogP contribution in [0.3, 0.4) is 0 Å². The number of hydrogen-bond donors (Lipinski definition) is 2. The fraction of sp³-hybridized carbons (Fsp3) is 0.750. The monoisotopic (exact) mass is 375 g/mol. The summed E-state index contributed by atoms with van der Waals surface area (Å²) in [6, 6.07) is 2.00. The molecule has 27 heavy (non-hydrogen) atoms. The second-order valence-corrected chi connectivity index (χ2v) is 7.61. The van der Waals surface area contributed by atoms with Gasteiger partial charge in [-0.3, -0.25) is 4.79 Å². The third kappa shape index (κ3) is 6.65. The molecule has 3 rings (SSSR count). The molecule has 7 heteroatoms. The van der Waals surface area contributed by atoms with Crippen LogP contribution in [0.5, 0.6) is 0 Å². The van der Waals surface area contributed by atoms with Gasteiger partial charge in [-0.05, 0) is 19.3 Å². The lowest BCUT2D eigenvalue weighted by atomic mass is 9.86. The normalized spacial score (nSPS) is 18.3. The lowest BCUT2D eigenvalue weighted by molar-refractivity contribution is -0.121. The molecule has 1 saturated carbocycles. The Morgan fingerprint density at radius 1 is 1.19 bits per heavy atom. The molecule has 2 aliphatic rings. The second-order valence-electron chi connectivity index (χ2n) is 7.61. The first-order valence-electron chi connectivity index (χ1n) is 10.4. The van der Waals surface area contributed by atoms with E-state index in [1.165, 1.54) is 32.1 Å². The summed E-state index contributed by atoms with van der Waals surface area (Å²) in [5, 5.41) is 6.23. The molecule has 2 N–H and O–H groups in total. The number of anilines is 2. The van der Waals surface area contributed by atoms with Crippen LogP contribution in [0.1, 0.15) is 50.6 Å². The molecule has 0 bridgehead atoms. The highest BCUT2D eigenvalue weighted by atomic mass is 16.5. The smallest absolute Gasteiger partial charge is 0.224 e. The number of ether oxygens (including phenoxy) is 1. The third-order valence-electron chi connectivity index (χ3n) is 5.41. The molecule has 2 heterocycles. The number of aromatic nitrogens is 2. The third-order valence-corrected chi connectivity index (χ3v) is 5.41. The van der Waals surface area contributed by atoms with Gasteiger partial charge in [-0.25, -0.2) is 4.98 Å². The van der Waals surface area contributed by atoms with Crippen molar-refractivity contribution in [3.8, 4) is 0 Å². The van der Waals surface area contributed by atoms with Crippen molar-refractivity contribution in [1.82, 2.24) is 15.3 Å². The molecule has 0 spiro atoms. The van der Waals surface area contributed by atoms with E-state index in [0.717, 1.165) is 50.2 Å². The molecule has 150 valence electrons. The molecule has 7 nitrogen and oxygen atoms in total. The molecule has 1 saturated heterocycles. The predicted molar refractivity (Wildman–Crippen MR) is 107 cm³/mol. The molecule has 0 radical (unpaired) electrons. The van der Waals surface area contributed by atoms with E-state index >= 15 is 0 Å². The number of rotatable bonds is 8. The number of amides is 1. The van der Waals surface area contributed by atoms with Gasteiger partial charge in [-0.15, -0.1) is 0 Å². The number of nitrogens with one attached hydrogen (secondary N) is 2. The molecule has 1 aromatic rings. The summed E-state index contributed by atoms with van der Waals surface area (Å²) in [7, 11) is 0. The molecule has 0 aromatic carbocycles. The van der Waals surface area contributed by atoms with E-state index in [9.17, 15) is 4.79 Å². The molecule has 1 amide bonds. The van der Waals surface area contributed by atoms with E-state index in [0.29, 0.717) is 25.5 Å². The summed E-state index contributed by atoms with van der Waals surface area (Å²) < 4.78 is 5.40. The van der Waals surface area contributed by atoms with E-state index in [1.807, 2.05) is 13.0 Å². The Morgan fingerprint density at radius 2 is 1.96 bits per heavy atom. The summed E-state index contributed by atoms with van der Waals surface area (Å²) in [4.78, 5) is 23.3. The van der Waals surface area contributed by atoms with Gasteiger partial charge >= 0.3 is 0 Å². The van der Waals surface area contributed by atoms with Crippen LogP contribution in [0.2, 0.25) is 0 Å². The number of carbonyl (C=O) groups is 1. The van der Waals surface area contributed by atoms with Gasteiger partial charge in [0.25, 0.3) is 0 Å². The average molecular weight is 376 g/mol. The zero-order valence-corrected chi connectivity index (χ0v) is 16.5. The van der Waals surface area contributed by atoms with Crippen LogP contribution < -0.4 is 15.5 Å². The van der Waals surface area contributed by atoms with Crippen molar-refractivity contribution in [3.63, 3.8) is 0 Å². The van der Waals surface area contributed by atoms with Crippen molar-refractivity contribution >= 4 is 17.7 Å². The summed E-state index contributed by atoms with van der Waals surface area (Å²) >= 11 is 0. The maximum absolute atomic E-state index is 12.0. The standard InChI is InChI=1S/C20H33N5O2/c1-16-15-18(25-11-13-27-14-12-25)24-20(23-16)22-10-9-21-19(26)8-7-17-5-3-2-4-6-17/h15,17H,2-14H2,1H3,(H,21,26)(H,22,23,24). The predicted octanol–water partition coefficient (Wildman–Crippen LogP) is 2.51. The zero-order chi connectivity index (χ0) is 18.9. The maximum atomic E-state index is 12.0. The first-order chi connectivity index (χ1) is 13.2. The van der Waals surface area contributed by atoms with Crippen molar-refractivity contribution in [2.75, 3.05) is 49.6 Å². The number of carbonyl (C=O) groups excluding carboxylic acids is 1. The van der Waals surface area contributed by atoms with Gasteiger partial charge in [-0.2, -0.15) is 4.98 Å². The summed E-state index contributed by atoms with van der Waals surface area (Å²) in [6.07, 6.45) is 8.30. The Balaban J connectivity index is 1.37. The number of aryl methyl sites for hydroxylation is 1. The fourth-order valence-corrected chi connectivity index (χ4v) is 3.86. The van der Waals surface area contributed by atoms with Crippen molar-refractivity contribution in [2.24, 2.45) is 5.92 Å². The Morgan fingerprint density at radius 3 is 2.74 bits per heavy atom. The van der Waals surface area contributed by atoms with E-state index in [1.54, 1.807) is 0 Å². The highest BCUT2D eigenvalue weighted by Gasteiger charge is 2.15. The number of morpholine rings is 1. The molecule has 0 unspecified atom stereocenters. The minimum Gasteiger partial charge on any atom is -0.378 e. The molecule has 0 atom stereocenters. The number of hydrogen-bond acceptors (Lipinski definition) is 6. The van der Waals surface area contributed by atoms with E-state index in [4.69, 9.17) is 4.74 Å². The maximum Gasteiger partial charge on any atom is 0.224 e. The van der Waals surface area contributed by atoms with Crippen LogP contribution in [0, 0.1) is 12.8 Å². The second kappa shape index (κ2) is 10.4. The lowest BCUT2D eigenvalue weighted by Crippen LogP contribution is -2.37. The highest BCUT2D eigenvalue weighted by Crippen LogP contribution is 2.27. The first kappa shape index (κ1) is 19.9. The largest absolute Gasteiger partial charge is 0.378 e. The quantitative estimate of drug-likeness (QED) is 0.680. The first-order valence-corrected chi connectivity index (χ1v) is 10.4. The topological polar surface area (TPSA) is 79.4 Å². The van der Waals surface area contributed by atoms with Crippen molar-refractivity contribution in [2.45, 2.75) is 51.9 Å². The van der Waals surface area contributed by atoms with Crippen LogP contribution in [0.4, 0.5) is 11.8 Å². The molecule has 1 aromatic heterocycles. The van der Waals surface area contributed by atoms with Gasteiger partial charge < -0.3 is 20.3 Å². The molecular formula is C20H33N5O2. The van der Waals surface area contributed by atoms with Crippen LogP contribution >= 0.6 is 0 Å². The van der Waals surface area contributed by atoms with Gasteiger partial charge in [0, 0.05) is 44.4 Å². The van der Waals surface area contributed by atoms with E-state index in [-0.39, 0.29) is 5.91 Å². The lowest BCUT2D eigenvalue weighted by Gasteiger charge is -2.28. The van der Waals surface area contributed by atoms with Crippen molar-refractivity contribution in [3.05, 3.63) is 11.8 Å². The van der Waals surface area contributed by atoms with Crippen LogP contribution in [0.25, 0.3) is 0 Å². The van der Waals surface area contributed by atoms with E-state index < -0.39 is 0 Å². The van der Waals surface area contributed by atoms with Gasteiger partial charge in [0.05, 0.1) is 13.2 Å². The zero-order valence-electron chi connectivity index (χ0n) is 16.5. The molecular weight excluding hydrogens is 342 g/mol. The van der Waals surface area contributed by atoms with E-state index in [2.05, 4.69) is 25.5 Å².